The number of carbonyl (C=O) groups is 1. The zero-order valence-electron chi connectivity index (χ0n) is 14.9. The minimum Gasteiger partial charge on any atom is -0.372 e. The lowest BCUT2D eigenvalue weighted by Crippen LogP contribution is -2.47. The number of benzene rings is 2. The maximum atomic E-state index is 13.4. The second-order valence-corrected chi connectivity index (χ2v) is 7.11. The van der Waals surface area contributed by atoms with Crippen molar-refractivity contribution < 1.29 is 9.90 Å². The standard InChI is InChI=1S/C21H26N2O2/c1-22(2)15-17-13-14-23(16-17)20(24)21(25,18-9-5-3-6-10-18)19-11-7-4-8-12-19/h3-12,17,25H,13-16H2,1-2H3. The summed E-state index contributed by atoms with van der Waals surface area (Å²) in [5.74, 6) is 0.223. The van der Waals surface area contributed by atoms with Gasteiger partial charge in [-0.25, -0.2) is 0 Å². The lowest BCUT2D eigenvalue weighted by atomic mass is 9.85. The van der Waals surface area contributed by atoms with Gasteiger partial charge in [-0.05, 0) is 37.6 Å². The molecule has 0 aromatic heterocycles. The van der Waals surface area contributed by atoms with Crippen LogP contribution in [0.2, 0.25) is 0 Å². The van der Waals surface area contributed by atoms with Crippen LogP contribution in [0.4, 0.5) is 0 Å². The fraction of sp³-hybridized carbons (Fsp3) is 0.381. The van der Waals surface area contributed by atoms with Crippen LogP contribution in [-0.2, 0) is 10.4 Å². The quantitative estimate of drug-likeness (QED) is 0.910. The molecule has 1 atom stereocenters. The Labute approximate surface area is 149 Å². The molecule has 2 aromatic rings. The van der Waals surface area contributed by atoms with Crippen molar-refractivity contribution in [1.29, 1.82) is 0 Å². The Hall–Kier alpha value is -2.17. The molecule has 0 bridgehead atoms. The maximum absolute atomic E-state index is 13.4. The molecule has 1 heterocycles. The van der Waals surface area contributed by atoms with E-state index in [1.165, 1.54) is 0 Å². The van der Waals surface area contributed by atoms with E-state index in [1.54, 1.807) is 0 Å². The van der Waals surface area contributed by atoms with Crippen LogP contribution in [-0.4, -0.2) is 54.5 Å². The fourth-order valence-electron chi connectivity index (χ4n) is 3.68. The number of carbonyl (C=O) groups excluding carboxylic acids is 1. The Morgan fingerprint density at radius 3 is 2.08 bits per heavy atom. The van der Waals surface area contributed by atoms with Crippen molar-refractivity contribution in [2.45, 2.75) is 12.0 Å². The fourth-order valence-corrected chi connectivity index (χ4v) is 3.68. The highest BCUT2D eigenvalue weighted by Gasteiger charge is 2.44. The van der Waals surface area contributed by atoms with Crippen LogP contribution in [0.5, 0.6) is 0 Å². The summed E-state index contributed by atoms with van der Waals surface area (Å²) in [4.78, 5) is 17.3. The Morgan fingerprint density at radius 2 is 1.60 bits per heavy atom. The van der Waals surface area contributed by atoms with Gasteiger partial charge < -0.3 is 14.9 Å². The minimum absolute atomic E-state index is 0.230. The topological polar surface area (TPSA) is 43.8 Å². The molecule has 1 fully saturated rings. The Kier molecular flexibility index (Phi) is 5.21. The van der Waals surface area contributed by atoms with Crippen molar-refractivity contribution in [2.24, 2.45) is 5.92 Å². The number of amides is 1. The summed E-state index contributed by atoms with van der Waals surface area (Å²) in [5, 5.41) is 11.5. The molecular weight excluding hydrogens is 312 g/mol. The third kappa shape index (κ3) is 3.60. The molecule has 1 unspecified atom stereocenters. The summed E-state index contributed by atoms with van der Waals surface area (Å²) >= 11 is 0. The molecule has 1 aliphatic rings. The van der Waals surface area contributed by atoms with Gasteiger partial charge >= 0.3 is 0 Å². The van der Waals surface area contributed by atoms with Gasteiger partial charge in [0.25, 0.3) is 5.91 Å². The maximum Gasteiger partial charge on any atom is 0.263 e. The SMILES string of the molecule is CN(C)CC1CCN(C(=O)C(O)(c2ccccc2)c2ccccc2)C1. The van der Waals surface area contributed by atoms with Crippen LogP contribution in [0, 0.1) is 5.92 Å². The third-order valence-corrected chi connectivity index (χ3v) is 4.89. The van der Waals surface area contributed by atoms with Crippen LogP contribution < -0.4 is 0 Å². The van der Waals surface area contributed by atoms with E-state index in [-0.39, 0.29) is 5.91 Å². The molecule has 2 aromatic carbocycles. The Balaban J connectivity index is 1.92. The molecule has 1 saturated heterocycles. The normalized spacial score (nSPS) is 17.9. The lowest BCUT2D eigenvalue weighted by Gasteiger charge is -2.32. The first-order chi connectivity index (χ1) is 12.0. The van der Waals surface area contributed by atoms with Gasteiger partial charge in [-0.2, -0.15) is 0 Å². The van der Waals surface area contributed by atoms with Gasteiger partial charge in [0.2, 0.25) is 0 Å². The highest BCUT2D eigenvalue weighted by molar-refractivity contribution is 5.90. The number of hydrogen-bond acceptors (Lipinski definition) is 3. The summed E-state index contributed by atoms with van der Waals surface area (Å²) in [6.07, 6.45) is 0.976. The molecule has 1 aliphatic heterocycles. The van der Waals surface area contributed by atoms with Crippen molar-refractivity contribution in [3.63, 3.8) is 0 Å². The summed E-state index contributed by atoms with van der Waals surface area (Å²) in [7, 11) is 4.10. The average molecular weight is 338 g/mol. The van der Waals surface area contributed by atoms with Crippen LogP contribution in [0.15, 0.2) is 60.7 Å². The smallest absolute Gasteiger partial charge is 0.263 e. The van der Waals surface area contributed by atoms with Gasteiger partial charge in [0.05, 0.1) is 0 Å². The van der Waals surface area contributed by atoms with Gasteiger partial charge in [0.15, 0.2) is 5.60 Å². The van der Waals surface area contributed by atoms with Gasteiger partial charge in [0.1, 0.15) is 0 Å². The molecule has 1 N–H and O–H groups in total. The predicted octanol–water partition coefficient (Wildman–Crippen LogP) is 2.33. The monoisotopic (exact) mass is 338 g/mol. The number of aliphatic hydroxyl groups is 1. The molecule has 0 saturated carbocycles. The molecule has 1 amide bonds. The molecular formula is C21H26N2O2. The van der Waals surface area contributed by atoms with Crippen molar-refractivity contribution in [1.82, 2.24) is 9.80 Å². The van der Waals surface area contributed by atoms with Crippen LogP contribution in [0.1, 0.15) is 17.5 Å². The Morgan fingerprint density at radius 1 is 1.08 bits per heavy atom. The summed E-state index contributed by atoms with van der Waals surface area (Å²) in [6.45, 7) is 2.34. The first-order valence-electron chi connectivity index (χ1n) is 8.79. The molecule has 4 nitrogen and oxygen atoms in total. The molecule has 25 heavy (non-hydrogen) atoms. The molecule has 4 heteroatoms. The van der Waals surface area contributed by atoms with Crippen molar-refractivity contribution in [3.8, 4) is 0 Å². The Bertz CT molecular complexity index is 661. The van der Waals surface area contributed by atoms with E-state index >= 15 is 0 Å². The summed E-state index contributed by atoms with van der Waals surface area (Å²) in [6, 6.07) is 18.5. The highest BCUT2D eigenvalue weighted by Crippen LogP contribution is 2.33. The summed E-state index contributed by atoms with van der Waals surface area (Å²) in [5.41, 5.74) is -0.417. The van der Waals surface area contributed by atoms with E-state index in [2.05, 4.69) is 19.0 Å². The number of likely N-dealkylation sites (tertiary alicyclic amines) is 1. The largest absolute Gasteiger partial charge is 0.372 e. The zero-order valence-corrected chi connectivity index (χ0v) is 14.9. The van der Waals surface area contributed by atoms with Crippen LogP contribution >= 0.6 is 0 Å². The van der Waals surface area contributed by atoms with Gasteiger partial charge in [-0.1, -0.05) is 60.7 Å². The van der Waals surface area contributed by atoms with E-state index in [0.717, 1.165) is 13.0 Å². The first kappa shape index (κ1) is 17.6. The minimum atomic E-state index is -1.64. The van der Waals surface area contributed by atoms with E-state index in [0.29, 0.717) is 30.1 Å². The average Bonchev–Trinajstić information content (AvgIpc) is 3.09. The number of rotatable bonds is 5. The van der Waals surface area contributed by atoms with E-state index in [4.69, 9.17) is 0 Å². The van der Waals surface area contributed by atoms with E-state index < -0.39 is 5.60 Å². The lowest BCUT2D eigenvalue weighted by molar-refractivity contribution is -0.147. The van der Waals surface area contributed by atoms with Crippen molar-refractivity contribution in [2.75, 3.05) is 33.7 Å². The molecule has 0 spiro atoms. The van der Waals surface area contributed by atoms with Crippen molar-refractivity contribution >= 4 is 5.91 Å². The zero-order chi connectivity index (χ0) is 17.9. The van der Waals surface area contributed by atoms with Gasteiger partial charge in [0, 0.05) is 19.6 Å². The van der Waals surface area contributed by atoms with Crippen LogP contribution in [0.3, 0.4) is 0 Å². The van der Waals surface area contributed by atoms with Gasteiger partial charge in [-0.15, -0.1) is 0 Å². The first-order valence-corrected chi connectivity index (χ1v) is 8.79. The molecule has 132 valence electrons. The highest BCUT2D eigenvalue weighted by atomic mass is 16.3. The molecule has 0 aliphatic carbocycles. The van der Waals surface area contributed by atoms with E-state index in [1.807, 2.05) is 65.6 Å². The molecule has 0 radical (unpaired) electrons. The van der Waals surface area contributed by atoms with E-state index in [9.17, 15) is 9.90 Å². The van der Waals surface area contributed by atoms with Crippen molar-refractivity contribution in [3.05, 3.63) is 71.8 Å². The number of hydrogen-bond donors (Lipinski definition) is 1. The second kappa shape index (κ2) is 7.38. The van der Waals surface area contributed by atoms with Crippen LogP contribution in [0.25, 0.3) is 0 Å². The predicted molar refractivity (Wildman–Crippen MR) is 99.1 cm³/mol. The third-order valence-electron chi connectivity index (χ3n) is 4.89. The summed E-state index contributed by atoms with van der Waals surface area (Å²) < 4.78 is 0. The number of nitrogens with zero attached hydrogens (tertiary/aromatic N) is 2. The second-order valence-electron chi connectivity index (χ2n) is 7.11. The van der Waals surface area contributed by atoms with Gasteiger partial charge in [-0.3, -0.25) is 4.79 Å². The molecule has 3 rings (SSSR count).